The van der Waals surface area contributed by atoms with Crippen LogP contribution in [0.5, 0.6) is 0 Å². The Balaban J connectivity index is 1.55. The van der Waals surface area contributed by atoms with Crippen LogP contribution in [0.2, 0.25) is 0 Å². The molecule has 0 unspecified atom stereocenters. The van der Waals surface area contributed by atoms with Crippen molar-refractivity contribution in [1.29, 1.82) is 0 Å². The standard InChI is InChI=1S/C15H15F3N6/c16-15(17,18)14-22-21-13-8-7-12(23-24(13)14)20-10-4-9-19-11-5-2-1-3-6-11/h1-3,5-8,19H,4,9-10H2,(H,20,23). The monoisotopic (exact) mass is 336 g/mol. The molecule has 0 bridgehead atoms. The smallest absolute Gasteiger partial charge is 0.385 e. The molecule has 0 aliphatic rings. The molecule has 2 N–H and O–H groups in total. The fraction of sp³-hybridized carbons (Fsp3) is 0.267. The Morgan fingerprint density at radius 2 is 1.67 bits per heavy atom. The van der Waals surface area contributed by atoms with E-state index in [1.165, 1.54) is 6.07 Å². The van der Waals surface area contributed by atoms with E-state index in [-0.39, 0.29) is 5.65 Å². The molecule has 1 aromatic carbocycles. The molecule has 2 aromatic heterocycles. The number of hydrogen-bond donors (Lipinski definition) is 2. The fourth-order valence-corrected chi connectivity index (χ4v) is 2.15. The summed E-state index contributed by atoms with van der Waals surface area (Å²) in [7, 11) is 0. The van der Waals surface area contributed by atoms with E-state index in [0.717, 1.165) is 18.7 Å². The maximum absolute atomic E-state index is 12.8. The molecular weight excluding hydrogens is 321 g/mol. The highest BCUT2D eigenvalue weighted by Gasteiger charge is 2.37. The van der Waals surface area contributed by atoms with Crippen LogP contribution < -0.4 is 10.6 Å². The second-order valence-corrected chi connectivity index (χ2v) is 5.08. The predicted octanol–water partition coefficient (Wildman–Crippen LogP) is 3.06. The summed E-state index contributed by atoms with van der Waals surface area (Å²) in [5, 5.41) is 16.7. The average Bonchev–Trinajstić information content (AvgIpc) is 2.99. The minimum Gasteiger partial charge on any atom is -0.385 e. The number of nitrogens with zero attached hydrogens (tertiary/aromatic N) is 4. The molecule has 6 nitrogen and oxygen atoms in total. The number of alkyl halides is 3. The van der Waals surface area contributed by atoms with Crippen LogP contribution in [-0.2, 0) is 6.18 Å². The Morgan fingerprint density at radius 3 is 2.42 bits per heavy atom. The summed E-state index contributed by atoms with van der Waals surface area (Å²) >= 11 is 0. The molecule has 0 fully saturated rings. The van der Waals surface area contributed by atoms with Gasteiger partial charge in [-0.15, -0.1) is 15.3 Å². The first-order valence-electron chi connectivity index (χ1n) is 7.36. The van der Waals surface area contributed by atoms with Gasteiger partial charge in [0.2, 0.25) is 0 Å². The van der Waals surface area contributed by atoms with Crippen LogP contribution in [0, 0.1) is 0 Å². The number of anilines is 2. The summed E-state index contributed by atoms with van der Waals surface area (Å²) in [4.78, 5) is 0. The van der Waals surface area contributed by atoms with Crippen molar-refractivity contribution < 1.29 is 13.2 Å². The Kier molecular flexibility index (Phi) is 4.50. The van der Waals surface area contributed by atoms with Crippen molar-refractivity contribution in [2.75, 3.05) is 23.7 Å². The van der Waals surface area contributed by atoms with Crippen LogP contribution in [0.1, 0.15) is 12.2 Å². The third-order valence-electron chi connectivity index (χ3n) is 3.28. The third kappa shape index (κ3) is 3.73. The zero-order valence-corrected chi connectivity index (χ0v) is 12.6. The van der Waals surface area contributed by atoms with Crippen molar-refractivity contribution in [3.8, 4) is 0 Å². The van der Waals surface area contributed by atoms with E-state index in [9.17, 15) is 13.2 Å². The lowest BCUT2D eigenvalue weighted by molar-refractivity contribution is -0.146. The van der Waals surface area contributed by atoms with E-state index in [2.05, 4.69) is 25.9 Å². The van der Waals surface area contributed by atoms with E-state index in [1.54, 1.807) is 6.07 Å². The van der Waals surface area contributed by atoms with Crippen LogP contribution in [0.3, 0.4) is 0 Å². The van der Waals surface area contributed by atoms with Gasteiger partial charge in [0.1, 0.15) is 5.82 Å². The molecule has 0 spiro atoms. The Hall–Kier alpha value is -2.84. The predicted molar refractivity (Wildman–Crippen MR) is 83.8 cm³/mol. The van der Waals surface area contributed by atoms with Gasteiger partial charge in [-0.25, -0.2) is 0 Å². The largest absolute Gasteiger partial charge is 0.453 e. The van der Waals surface area contributed by atoms with E-state index >= 15 is 0 Å². The summed E-state index contributed by atoms with van der Waals surface area (Å²) in [5.41, 5.74) is 1.08. The van der Waals surface area contributed by atoms with E-state index in [4.69, 9.17) is 0 Å². The third-order valence-corrected chi connectivity index (χ3v) is 3.28. The molecule has 0 radical (unpaired) electrons. The first kappa shape index (κ1) is 16.0. The molecule has 126 valence electrons. The second kappa shape index (κ2) is 6.73. The highest BCUT2D eigenvalue weighted by Crippen LogP contribution is 2.27. The maximum Gasteiger partial charge on any atom is 0.453 e. The highest BCUT2D eigenvalue weighted by atomic mass is 19.4. The van der Waals surface area contributed by atoms with E-state index < -0.39 is 12.0 Å². The van der Waals surface area contributed by atoms with Crippen molar-refractivity contribution in [2.24, 2.45) is 0 Å². The van der Waals surface area contributed by atoms with Crippen LogP contribution in [-0.4, -0.2) is 32.9 Å². The minimum atomic E-state index is -4.59. The van der Waals surface area contributed by atoms with Gasteiger partial charge in [0.15, 0.2) is 5.65 Å². The molecule has 3 aromatic rings. The van der Waals surface area contributed by atoms with Gasteiger partial charge in [-0.05, 0) is 30.7 Å². The van der Waals surface area contributed by atoms with Gasteiger partial charge in [-0.1, -0.05) is 18.2 Å². The van der Waals surface area contributed by atoms with E-state index in [0.29, 0.717) is 16.9 Å². The summed E-state index contributed by atoms with van der Waals surface area (Å²) < 4.78 is 39.1. The van der Waals surface area contributed by atoms with Crippen LogP contribution in [0.25, 0.3) is 5.65 Å². The van der Waals surface area contributed by atoms with Crippen LogP contribution in [0.15, 0.2) is 42.5 Å². The van der Waals surface area contributed by atoms with Crippen molar-refractivity contribution >= 4 is 17.2 Å². The molecule has 0 amide bonds. The van der Waals surface area contributed by atoms with Crippen LogP contribution >= 0.6 is 0 Å². The summed E-state index contributed by atoms with van der Waals surface area (Å²) in [5.74, 6) is -0.792. The van der Waals surface area contributed by atoms with Crippen molar-refractivity contribution in [2.45, 2.75) is 12.6 Å². The minimum absolute atomic E-state index is 0.0543. The highest BCUT2D eigenvalue weighted by molar-refractivity contribution is 5.44. The van der Waals surface area contributed by atoms with Gasteiger partial charge >= 0.3 is 6.18 Å². The zero-order chi connectivity index (χ0) is 17.0. The summed E-state index contributed by atoms with van der Waals surface area (Å²) in [6.07, 6.45) is -3.81. The molecule has 0 saturated heterocycles. The maximum atomic E-state index is 12.8. The topological polar surface area (TPSA) is 67.1 Å². The SMILES string of the molecule is FC(F)(F)c1nnc2ccc(NCCCNc3ccccc3)nn12. The van der Waals surface area contributed by atoms with Gasteiger partial charge in [-0.3, -0.25) is 0 Å². The number of aromatic nitrogens is 4. The number of fused-ring (bicyclic) bond motifs is 1. The van der Waals surface area contributed by atoms with Crippen molar-refractivity contribution in [1.82, 2.24) is 19.8 Å². The number of halogens is 3. The van der Waals surface area contributed by atoms with Gasteiger partial charge in [0.25, 0.3) is 5.82 Å². The fourth-order valence-electron chi connectivity index (χ4n) is 2.15. The molecular formula is C15H15F3N6. The molecule has 0 aliphatic heterocycles. The van der Waals surface area contributed by atoms with Crippen molar-refractivity contribution in [3.05, 3.63) is 48.3 Å². The first-order valence-corrected chi connectivity index (χ1v) is 7.36. The molecule has 0 atom stereocenters. The zero-order valence-electron chi connectivity index (χ0n) is 12.6. The van der Waals surface area contributed by atoms with Gasteiger partial charge in [0.05, 0.1) is 0 Å². The lowest BCUT2D eigenvalue weighted by Crippen LogP contribution is -2.14. The molecule has 0 aliphatic carbocycles. The average molecular weight is 336 g/mol. The number of rotatable bonds is 6. The first-order chi connectivity index (χ1) is 11.5. The Morgan fingerprint density at radius 1 is 0.917 bits per heavy atom. The summed E-state index contributed by atoms with van der Waals surface area (Å²) in [6, 6.07) is 12.8. The molecule has 24 heavy (non-hydrogen) atoms. The quantitative estimate of drug-likeness (QED) is 0.677. The second-order valence-electron chi connectivity index (χ2n) is 5.08. The van der Waals surface area contributed by atoms with Crippen LogP contribution in [0.4, 0.5) is 24.7 Å². The molecule has 0 saturated carbocycles. The number of para-hydroxylation sites is 1. The number of nitrogens with one attached hydrogen (secondary N) is 2. The molecule has 9 heteroatoms. The molecule has 3 rings (SSSR count). The van der Waals surface area contributed by atoms with E-state index in [1.807, 2.05) is 30.3 Å². The summed E-state index contributed by atoms with van der Waals surface area (Å²) in [6.45, 7) is 1.31. The van der Waals surface area contributed by atoms with Crippen molar-refractivity contribution in [3.63, 3.8) is 0 Å². The lowest BCUT2D eigenvalue weighted by atomic mass is 10.3. The van der Waals surface area contributed by atoms with Gasteiger partial charge in [0, 0.05) is 18.8 Å². The van der Waals surface area contributed by atoms with Gasteiger partial charge < -0.3 is 10.6 Å². The lowest BCUT2D eigenvalue weighted by Gasteiger charge is -2.08. The number of hydrogen-bond acceptors (Lipinski definition) is 5. The Bertz CT molecular complexity index is 800. The molecule has 2 heterocycles. The Labute approximate surface area is 135 Å². The normalized spacial score (nSPS) is 11.6. The van der Waals surface area contributed by atoms with Gasteiger partial charge in [-0.2, -0.15) is 17.7 Å². The number of benzene rings is 1.